The number of aliphatic hydroxyl groups is 2. The molecule has 0 spiro atoms. The Balaban J connectivity index is 3.83. The Morgan fingerprint density at radius 1 is 0.778 bits per heavy atom. The van der Waals surface area contributed by atoms with Crippen molar-refractivity contribution < 1.29 is 19.7 Å². The number of esters is 1. The van der Waals surface area contributed by atoms with Crippen molar-refractivity contribution in [1.29, 1.82) is 0 Å². The number of hydrogen-bond donors (Lipinski definition) is 2. The van der Waals surface area contributed by atoms with Crippen molar-refractivity contribution in [1.82, 2.24) is 0 Å². The molecule has 0 unspecified atom stereocenters. The van der Waals surface area contributed by atoms with Crippen LogP contribution < -0.4 is 0 Å². The van der Waals surface area contributed by atoms with Crippen LogP contribution in [0, 0.1) is 0 Å². The maximum Gasteiger partial charge on any atom is 0.331 e. The summed E-state index contributed by atoms with van der Waals surface area (Å²) < 4.78 is 4.78. The molecule has 0 radical (unpaired) electrons. The van der Waals surface area contributed by atoms with Gasteiger partial charge in [0, 0.05) is 6.08 Å². The summed E-state index contributed by atoms with van der Waals surface area (Å²) >= 11 is 0. The van der Waals surface area contributed by atoms with Crippen LogP contribution in [0.3, 0.4) is 0 Å². The third-order valence-electron chi connectivity index (χ3n) is 3.53. The van der Waals surface area contributed by atoms with Gasteiger partial charge in [-0.05, 0) is 12.8 Å². The number of carbonyl (C=O) groups is 1. The van der Waals surface area contributed by atoms with Crippen molar-refractivity contribution in [2.45, 2.75) is 51.6 Å². The van der Waals surface area contributed by atoms with Crippen LogP contribution in [0.5, 0.6) is 0 Å². The Bertz CT molecular complexity index is 520. The van der Waals surface area contributed by atoms with Crippen molar-refractivity contribution >= 4 is 5.97 Å². The van der Waals surface area contributed by atoms with E-state index in [0.717, 1.165) is 6.42 Å². The van der Waals surface area contributed by atoms with Gasteiger partial charge in [-0.25, -0.2) is 4.79 Å². The van der Waals surface area contributed by atoms with E-state index in [9.17, 15) is 4.79 Å². The van der Waals surface area contributed by atoms with Crippen LogP contribution in [0.2, 0.25) is 0 Å². The van der Waals surface area contributed by atoms with Crippen LogP contribution >= 0.6 is 0 Å². The fourth-order valence-corrected chi connectivity index (χ4v) is 2.02. The molecule has 150 valence electrons. The predicted octanol–water partition coefficient (Wildman–Crippen LogP) is 4.58. The molecule has 0 atom stereocenters. The highest BCUT2D eigenvalue weighted by molar-refractivity contribution is 5.82. The minimum atomic E-state index is -0.871. The van der Waals surface area contributed by atoms with Crippen molar-refractivity contribution in [2.75, 3.05) is 13.2 Å². The normalized spacial score (nSPS) is 13.0. The Morgan fingerprint density at radius 3 is 1.85 bits per heavy atom. The molecule has 0 saturated heterocycles. The third-order valence-corrected chi connectivity index (χ3v) is 3.53. The number of carbonyl (C=O) groups excluding carboxylic acids is 1. The molecule has 0 aromatic rings. The lowest BCUT2D eigenvalue weighted by Gasteiger charge is -2.09. The molecule has 0 amide bonds. The van der Waals surface area contributed by atoms with Gasteiger partial charge in [0.1, 0.15) is 6.10 Å². The smallest absolute Gasteiger partial charge is 0.331 e. The molecule has 0 rings (SSSR count). The zero-order valence-corrected chi connectivity index (χ0v) is 16.4. The average molecular weight is 375 g/mol. The lowest BCUT2D eigenvalue weighted by molar-refractivity contribution is -0.147. The molecule has 0 aromatic heterocycles. The summed E-state index contributed by atoms with van der Waals surface area (Å²) in [5, 5.41) is 17.6. The molecular formula is C23H34O4. The van der Waals surface area contributed by atoms with Crippen LogP contribution in [0.4, 0.5) is 0 Å². The van der Waals surface area contributed by atoms with Gasteiger partial charge in [0.05, 0.1) is 13.2 Å². The van der Waals surface area contributed by atoms with E-state index in [2.05, 4.69) is 19.1 Å². The molecular weight excluding hydrogens is 340 g/mol. The molecule has 0 aromatic carbocycles. The quantitative estimate of drug-likeness (QED) is 0.191. The summed E-state index contributed by atoms with van der Waals surface area (Å²) in [4.78, 5) is 11.3. The predicted molar refractivity (Wildman–Crippen MR) is 112 cm³/mol. The first-order chi connectivity index (χ1) is 13.2. The number of aliphatic hydroxyl groups excluding tert-OH is 2. The lowest BCUT2D eigenvalue weighted by Crippen LogP contribution is -2.24. The molecule has 0 fully saturated rings. The number of unbranched alkanes of at least 4 members (excludes halogenated alkanes) is 5. The van der Waals surface area contributed by atoms with Crippen LogP contribution in [0.25, 0.3) is 0 Å². The maximum atomic E-state index is 11.3. The van der Waals surface area contributed by atoms with Gasteiger partial charge >= 0.3 is 5.97 Å². The van der Waals surface area contributed by atoms with E-state index in [-0.39, 0.29) is 0 Å². The highest BCUT2D eigenvalue weighted by atomic mass is 16.6. The van der Waals surface area contributed by atoms with Crippen LogP contribution in [0.1, 0.15) is 45.4 Å². The minimum absolute atomic E-state index is 0.399. The number of ether oxygens (including phenoxy) is 1. The van der Waals surface area contributed by atoms with Crippen LogP contribution in [-0.2, 0) is 9.53 Å². The van der Waals surface area contributed by atoms with E-state index < -0.39 is 25.3 Å². The Kier molecular flexibility index (Phi) is 18.5. The molecule has 0 heterocycles. The van der Waals surface area contributed by atoms with E-state index >= 15 is 0 Å². The SMILES string of the molecule is CCCCCCC/C=C/C=C/C=C/C=C/C=C/C=C/C(=O)OC(CO)CO. The van der Waals surface area contributed by atoms with Gasteiger partial charge in [-0.3, -0.25) is 0 Å². The summed E-state index contributed by atoms with van der Waals surface area (Å²) in [6.45, 7) is 1.43. The highest BCUT2D eigenvalue weighted by Crippen LogP contribution is 2.05. The topological polar surface area (TPSA) is 66.8 Å². The second-order valence-corrected chi connectivity index (χ2v) is 5.95. The summed E-state index contributed by atoms with van der Waals surface area (Å²) in [6.07, 6.45) is 29.0. The van der Waals surface area contributed by atoms with Gasteiger partial charge in [-0.1, -0.05) is 99.4 Å². The Labute approximate surface area is 163 Å². The second kappa shape index (κ2) is 20.1. The number of allylic oxidation sites excluding steroid dienone is 11. The van der Waals surface area contributed by atoms with Crippen molar-refractivity contribution in [3.05, 3.63) is 72.9 Å². The van der Waals surface area contributed by atoms with Crippen molar-refractivity contribution in [2.24, 2.45) is 0 Å². The van der Waals surface area contributed by atoms with E-state index in [1.54, 1.807) is 12.2 Å². The summed E-state index contributed by atoms with van der Waals surface area (Å²) in [5.41, 5.74) is 0. The minimum Gasteiger partial charge on any atom is -0.454 e. The Morgan fingerprint density at radius 2 is 1.30 bits per heavy atom. The third kappa shape index (κ3) is 18.4. The first kappa shape index (κ1) is 24.8. The first-order valence-electron chi connectivity index (χ1n) is 9.66. The van der Waals surface area contributed by atoms with Crippen molar-refractivity contribution in [3.63, 3.8) is 0 Å². The van der Waals surface area contributed by atoms with Gasteiger partial charge in [-0.15, -0.1) is 0 Å². The van der Waals surface area contributed by atoms with Crippen LogP contribution in [-0.4, -0.2) is 35.5 Å². The van der Waals surface area contributed by atoms with E-state index in [1.807, 2.05) is 36.5 Å². The van der Waals surface area contributed by atoms with Gasteiger partial charge in [0.15, 0.2) is 0 Å². The molecule has 0 aliphatic heterocycles. The number of hydrogen-bond acceptors (Lipinski definition) is 4. The van der Waals surface area contributed by atoms with Gasteiger partial charge in [0.25, 0.3) is 0 Å². The maximum absolute atomic E-state index is 11.3. The first-order valence-corrected chi connectivity index (χ1v) is 9.66. The summed E-state index contributed by atoms with van der Waals surface area (Å²) in [6, 6.07) is 0. The van der Waals surface area contributed by atoms with E-state index in [1.165, 1.54) is 44.3 Å². The van der Waals surface area contributed by atoms with Crippen LogP contribution in [0.15, 0.2) is 72.9 Å². The van der Waals surface area contributed by atoms with Gasteiger partial charge < -0.3 is 14.9 Å². The van der Waals surface area contributed by atoms with E-state index in [4.69, 9.17) is 14.9 Å². The standard InChI is InChI=1S/C23H34O4/c1-2-3-4-5-6-7-8-9-10-11-12-13-14-15-16-17-18-19-23(26)27-22(20-24)21-25/h8-19,22,24-25H,2-7,20-21H2,1H3/b9-8+,11-10+,13-12+,15-14+,17-16+,19-18+. The average Bonchev–Trinajstić information content (AvgIpc) is 2.68. The molecule has 0 aliphatic carbocycles. The molecule has 0 aliphatic rings. The molecule has 4 nitrogen and oxygen atoms in total. The molecule has 0 saturated carbocycles. The van der Waals surface area contributed by atoms with Crippen molar-refractivity contribution in [3.8, 4) is 0 Å². The zero-order valence-electron chi connectivity index (χ0n) is 16.4. The fourth-order valence-electron chi connectivity index (χ4n) is 2.02. The molecule has 0 bridgehead atoms. The largest absolute Gasteiger partial charge is 0.454 e. The summed E-state index contributed by atoms with van der Waals surface area (Å²) in [5.74, 6) is -0.601. The second-order valence-electron chi connectivity index (χ2n) is 5.95. The van der Waals surface area contributed by atoms with E-state index in [0.29, 0.717) is 0 Å². The number of rotatable bonds is 15. The zero-order chi connectivity index (χ0) is 20.0. The monoisotopic (exact) mass is 374 g/mol. The summed E-state index contributed by atoms with van der Waals surface area (Å²) in [7, 11) is 0. The van der Waals surface area contributed by atoms with Gasteiger partial charge in [0.2, 0.25) is 0 Å². The Hall–Kier alpha value is -2.17. The highest BCUT2D eigenvalue weighted by Gasteiger charge is 2.08. The fraction of sp³-hybridized carbons (Fsp3) is 0.435. The molecule has 27 heavy (non-hydrogen) atoms. The molecule has 4 heteroatoms. The lowest BCUT2D eigenvalue weighted by atomic mass is 10.1. The van der Waals surface area contributed by atoms with Gasteiger partial charge in [-0.2, -0.15) is 0 Å². The molecule has 2 N–H and O–H groups in total.